The highest BCUT2D eigenvalue weighted by atomic mass is 16.4. The highest BCUT2D eigenvalue weighted by Crippen LogP contribution is 2.34. The predicted octanol–water partition coefficient (Wildman–Crippen LogP) is 1.30. The normalized spacial score (nSPS) is 28.2. The highest BCUT2D eigenvalue weighted by molar-refractivity contribution is 5.83. The molecule has 0 bridgehead atoms. The van der Waals surface area contributed by atoms with E-state index in [0.717, 1.165) is 38.8 Å². The molecule has 2 atom stereocenters. The third kappa shape index (κ3) is 3.20. The number of hydrogen-bond acceptors (Lipinski definition) is 3. The van der Waals surface area contributed by atoms with Crippen molar-refractivity contribution in [2.24, 2.45) is 11.3 Å². The molecule has 5 nitrogen and oxygen atoms in total. The molecule has 0 aromatic rings. The number of carboxylic acids is 1. The van der Waals surface area contributed by atoms with Gasteiger partial charge in [-0.15, -0.1) is 0 Å². The standard InChI is InChI=1S/C15H24N2O3/c1-2-5-15(6-8-16-9-7-15)14(20)17-12-4-3-11(10-12)13(18)19/h3-4,11-12,16H,2,5-10H2,1H3,(H,17,20)(H,18,19). The number of carboxylic acid groups (broad SMARTS) is 1. The van der Waals surface area contributed by atoms with Gasteiger partial charge in [0.1, 0.15) is 0 Å². The van der Waals surface area contributed by atoms with Crippen molar-refractivity contribution in [1.29, 1.82) is 0 Å². The third-order valence-electron chi connectivity index (χ3n) is 4.49. The lowest BCUT2D eigenvalue weighted by Gasteiger charge is -2.37. The zero-order valence-electron chi connectivity index (χ0n) is 12.0. The van der Waals surface area contributed by atoms with Gasteiger partial charge < -0.3 is 15.7 Å². The first-order valence-corrected chi connectivity index (χ1v) is 7.50. The summed E-state index contributed by atoms with van der Waals surface area (Å²) in [6, 6.07) is -0.132. The number of aliphatic carboxylic acids is 1. The molecule has 2 rings (SSSR count). The fourth-order valence-electron chi connectivity index (χ4n) is 3.29. The number of carbonyl (C=O) groups is 2. The van der Waals surface area contributed by atoms with E-state index in [1.54, 1.807) is 6.08 Å². The molecule has 2 unspecified atom stereocenters. The lowest BCUT2D eigenvalue weighted by Crippen LogP contribution is -2.49. The van der Waals surface area contributed by atoms with Crippen molar-refractivity contribution in [2.75, 3.05) is 13.1 Å². The molecule has 3 N–H and O–H groups in total. The highest BCUT2D eigenvalue weighted by Gasteiger charge is 2.39. The molecule has 20 heavy (non-hydrogen) atoms. The largest absolute Gasteiger partial charge is 0.481 e. The van der Waals surface area contributed by atoms with Gasteiger partial charge in [-0.25, -0.2) is 0 Å². The molecule has 0 aromatic carbocycles. The molecule has 5 heteroatoms. The molecule has 0 saturated carbocycles. The van der Waals surface area contributed by atoms with Crippen molar-refractivity contribution >= 4 is 11.9 Å². The Morgan fingerprint density at radius 1 is 1.35 bits per heavy atom. The lowest BCUT2D eigenvalue weighted by molar-refractivity contribution is -0.140. The Bertz CT molecular complexity index is 394. The summed E-state index contributed by atoms with van der Waals surface area (Å²) >= 11 is 0. The minimum Gasteiger partial charge on any atom is -0.481 e. The first-order chi connectivity index (χ1) is 9.57. The van der Waals surface area contributed by atoms with Crippen molar-refractivity contribution < 1.29 is 14.7 Å². The van der Waals surface area contributed by atoms with Crippen LogP contribution in [0.2, 0.25) is 0 Å². The van der Waals surface area contributed by atoms with E-state index >= 15 is 0 Å². The van der Waals surface area contributed by atoms with Gasteiger partial charge in [-0.1, -0.05) is 25.5 Å². The van der Waals surface area contributed by atoms with E-state index in [1.807, 2.05) is 6.08 Å². The summed E-state index contributed by atoms with van der Waals surface area (Å²) < 4.78 is 0. The Kier molecular flexibility index (Phi) is 4.81. The smallest absolute Gasteiger partial charge is 0.310 e. The summed E-state index contributed by atoms with van der Waals surface area (Å²) in [5.41, 5.74) is -0.269. The SMILES string of the molecule is CCCC1(C(=O)NC2C=CC(C(=O)O)C2)CCNCC1. The van der Waals surface area contributed by atoms with Crippen LogP contribution in [0.1, 0.15) is 39.0 Å². The average molecular weight is 280 g/mol. The summed E-state index contributed by atoms with van der Waals surface area (Å²) in [7, 11) is 0. The molecule has 0 spiro atoms. The van der Waals surface area contributed by atoms with Crippen LogP contribution in [0.4, 0.5) is 0 Å². The van der Waals surface area contributed by atoms with Crippen LogP contribution in [0.15, 0.2) is 12.2 Å². The first kappa shape index (κ1) is 15.0. The number of piperidine rings is 1. The quantitative estimate of drug-likeness (QED) is 0.663. The van der Waals surface area contributed by atoms with Crippen LogP contribution in [0.5, 0.6) is 0 Å². The maximum atomic E-state index is 12.6. The zero-order chi connectivity index (χ0) is 14.6. The molecule has 2 aliphatic rings. The van der Waals surface area contributed by atoms with Crippen LogP contribution in [-0.2, 0) is 9.59 Å². The molecule has 112 valence electrons. The van der Waals surface area contributed by atoms with E-state index in [9.17, 15) is 9.59 Å². The fourth-order valence-corrected chi connectivity index (χ4v) is 3.29. The second-order valence-corrected chi connectivity index (χ2v) is 5.93. The van der Waals surface area contributed by atoms with E-state index in [-0.39, 0.29) is 17.4 Å². The van der Waals surface area contributed by atoms with Gasteiger partial charge >= 0.3 is 5.97 Å². The number of rotatable bonds is 5. The molecule has 1 aliphatic carbocycles. The molecule has 1 heterocycles. The van der Waals surface area contributed by atoms with Crippen LogP contribution in [0.25, 0.3) is 0 Å². The van der Waals surface area contributed by atoms with E-state index in [2.05, 4.69) is 17.6 Å². The van der Waals surface area contributed by atoms with Crippen molar-refractivity contribution in [1.82, 2.24) is 10.6 Å². The Hall–Kier alpha value is -1.36. The Balaban J connectivity index is 1.96. The number of nitrogens with one attached hydrogen (secondary N) is 2. The number of carbonyl (C=O) groups excluding carboxylic acids is 1. The van der Waals surface area contributed by atoms with Crippen molar-refractivity contribution in [2.45, 2.75) is 45.1 Å². The van der Waals surface area contributed by atoms with Crippen LogP contribution in [-0.4, -0.2) is 36.1 Å². The van der Waals surface area contributed by atoms with E-state index < -0.39 is 11.9 Å². The van der Waals surface area contributed by atoms with Crippen molar-refractivity contribution in [3.63, 3.8) is 0 Å². The molecular weight excluding hydrogens is 256 g/mol. The van der Waals surface area contributed by atoms with E-state index in [1.165, 1.54) is 0 Å². The van der Waals surface area contributed by atoms with Crippen molar-refractivity contribution in [3.05, 3.63) is 12.2 Å². The minimum absolute atomic E-state index is 0.0986. The third-order valence-corrected chi connectivity index (χ3v) is 4.49. The topological polar surface area (TPSA) is 78.4 Å². The van der Waals surface area contributed by atoms with Gasteiger partial charge in [0.25, 0.3) is 0 Å². The first-order valence-electron chi connectivity index (χ1n) is 7.50. The Morgan fingerprint density at radius 2 is 2.05 bits per heavy atom. The molecule has 1 fully saturated rings. The zero-order valence-corrected chi connectivity index (χ0v) is 12.0. The fraction of sp³-hybridized carbons (Fsp3) is 0.733. The number of amides is 1. The van der Waals surface area contributed by atoms with Gasteiger partial charge in [0.2, 0.25) is 5.91 Å². The van der Waals surface area contributed by atoms with Crippen LogP contribution in [0, 0.1) is 11.3 Å². The van der Waals surface area contributed by atoms with Crippen molar-refractivity contribution in [3.8, 4) is 0 Å². The Labute approximate surface area is 119 Å². The summed E-state index contributed by atoms with van der Waals surface area (Å²) in [4.78, 5) is 23.6. The van der Waals surface area contributed by atoms with Gasteiger partial charge in [-0.05, 0) is 38.8 Å². The average Bonchev–Trinajstić information content (AvgIpc) is 2.89. The Morgan fingerprint density at radius 3 is 2.60 bits per heavy atom. The summed E-state index contributed by atoms with van der Waals surface area (Å²) in [5.74, 6) is -1.18. The molecule has 0 aromatic heterocycles. The molecule has 0 radical (unpaired) electrons. The maximum Gasteiger partial charge on any atom is 0.310 e. The van der Waals surface area contributed by atoms with E-state index in [0.29, 0.717) is 6.42 Å². The summed E-state index contributed by atoms with van der Waals surface area (Å²) in [6.07, 6.45) is 7.60. The summed E-state index contributed by atoms with van der Waals surface area (Å²) in [5, 5.41) is 15.3. The second kappa shape index (κ2) is 6.39. The minimum atomic E-state index is -0.817. The second-order valence-electron chi connectivity index (χ2n) is 5.93. The van der Waals surface area contributed by atoms with Gasteiger partial charge in [-0.2, -0.15) is 0 Å². The van der Waals surface area contributed by atoms with Crippen LogP contribution in [0.3, 0.4) is 0 Å². The molecule has 1 aliphatic heterocycles. The monoisotopic (exact) mass is 280 g/mol. The maximum absolute atomic E-state index is 12.6. The van der Waals surface area contributed by atoms with Gasteiger partial charge in [-0.3, -0.25) is 9.59 Å². The van der Waals surface area contributed by atoms with Gasteiger partial charge in [0, 0.05) is 6.04 Å². The summed E-state index contributed by atoms with van der Waals surface area (Å²) in [6.45, 7) is 3.87. The lowest BCUT2D eigenvalue weighted by atomic mass is 9.74. The predicted molar refractivity (Wildman–Crippen MR) is 76.3 cm³/mol. The molecular formula is C15H24N2O3. The van der Waals surface area contributed by atoms with Crippen LogP contribution >= 0.6 is 0 Å². The molecule has 1 saturated heterocycles. The van der Waals surface area contributed by atoms with Gasteiger partial charge in [0.15, 0.2) is 0 Å². The number of hydrogen-bond donors (Lipinski definition) is 3. The van der Waals surface area contributed by atoms with E-state index in [4.69, 9.17) is 5.11 Å². The van der Waals surface area contributed by atoms with Gasteiger partial charge in [0.05, 0.1) is 11.3 Å². The van der Waals surface area contributed by atoms with Crippen LogP contribution < -0.4 is 10.6 Å². The molecule has 1 amide bonds.